The van der Waals surface area contributed by atoms with Crippen LogP contribution in [0.15, 0.2) is 42.5 Å². The number of halogens is 3. The molecule has 2 aromatic carbocycles. The van der Waals surface area contributed by atoms with E-state index in [-0.39, 0.29) is 30.2 Å². The molecule has 1 aliphatic rings. The van der Waals surface area contributed by atoms with E-state index < -0.39 is 6.04 Å². The molecule has 4 nitrogen and oxygen atoms in total. The van der Waals surface area contributed by atoms with E-state index in [2.05, 4.69) is 5.32 Å². The first-order valence-electron chi connectivity index (χ1n) is 11.2. The Bertz CT molecular complexity index is 966. The molecular formula is C25H29Cl3N2O2S. The van der Waals surface area contributed by atoms with Gasteiger partial charge in [-0.2, -0.15) is 0 Å². The summed E-state index contributed by atoms with van der Waals surface area (Å²) in [6.07, 6.45) is 5.47. The maximum absolute atomic E-state index is 13.3. The van der Waals surface area contributed by atoms with Gasteiger partial charge in [0.05, 0.1) is 5.75 Å². The quantitative estimate of drug-likeness (QED) is 0.392. The number of thioether (sulfide) groups is 1. The maximum Gasteiger partial charge on any atom is 0.242 e. The van der Waals surface area contributed by atoms with E-state index in [1.54, 1.807) is 30.0 Å². The van der Waals surface area contributed by atoms with E-state index in [4.69, 9.17) is 34.8 Å². The average Bonchev–Trinajstić information content (AvgIpc) is 2.80. The van der Waals surface area contributed by atoms with Crippen LogP contribution in [0.2, 0.25) is 15.1 Å². The standard InChI is InChI=1S/C25H29Cl3N2O2S/c1-17(25(32)29-21-8-3-2-4-9-21)30(14-18-7-5-6-10-22(18)27)24(31)16-33-15-19-11-12-20(26)13-23(19)28/h5-7,10-13,17,21H,2-4,8-9,14-16H2,1H3,(H,29,32). The number of hydrogen-bond acceptors (Lipinski definition) is 3. The third-order valence-corrected chi connectivity index (χ3v) is 7.84. The zero-order chi connectivity index (χ0) is 23.8. The normalized spacial score (nSPS) is 15.2. The van der Waals surface area contributed by atoms with Crippen molar-refractivity contribution in [1.82, 2.24) is 10.2 Å². The van der Waals surface area contributed by atoms with Gasteiger partial charge < -0.3 is 10.2 Å². The topological polar surface area (TPSA) is 49.4 Å². The van der Waals surface area contributed by atoms with Crippen LogP contribution >= 0.6 is 46.6 Å². The highest BCUT2D eigenvalue weighted by Crippen LogP contribution is 2.26. The summed E-state index contributed by atoms with van der Waals surface area (Å²) in [5.74, 6) is 0.568. The lowest BCUT2D eigenvalue weighted by molar-refractivity contribution is -0.139. The van der Waals surface area contributed by atoms with Crippen molar-refractivity contribution in [3.8, 4) is 0 Å². The monoisotopic (exact) mass is 526 g/mol. The summed E-state index contributed by atoms with van der Waals surface area (Å²) in [4.78, 5) is 27.9. The summed E-state index contributed by atoms with van der Waals surface area (Å²) in [6.45, 7) is 2.06. The average molecular weight is 528 g/mol. The molecule has 33 heavy (non-hydrogen) atoms. The van der Waals surface area contributed by atoms with Crippen LogP contribution in [0.1, 0.15) is 50.2 Å². The first-order valence-corrected chi connectivity index (χ1v) is 13.5. The molecule has 8 heteroatoms. The first kappa shape index (κ1) is 26.2. The fourth-order valence-corrected chi connectivity index (χ4v) is 5.60. The minimum Gasteiger partial charge on any atom is -0.352 e. The number of carbonyl (C=O) groups is 2. The largest absolute Gasteiger partial charge is 0.352 e. The summed E-state index contributed by atoms with van der Waals surface area (Å²) in [5.41, 5.74) is 1.73. The van der Waals surface area contributed by atoms with E-state index >= 15 is 0 Å². The molecule has 0 aromatic heterocycles. The number of nitrogens with zero attached hydrogens (tertiary/aromatic N) is 1. The summed E-state index contributed by atoms with van der Waals surface area (Å²) < 4.78 is 0. The van der Waals surface area contributed by atoms with Crippen molar-refractivity contribution in [3.63, 3.8) is 0 Å². The number of hydrogen-bond donors (Lipinski definition) is 1. The molecule has 0 bridgehead atoms. The van der Waals surface area contributed by atoms with Crippen molar-refractivity contribution in [2.45, 2.75) is 63.4 Å². The van der Waals surface area contributed by atoms with Gasteiger partial charge in [0.2, 0.25) is 11.8 Å². The van der Waals surface area contributed by atoms with Crippen LogP contribution < -0.4 is 5.32 Å². The second-order valence-corrected chi connectivity index (χ2v) is 10.6. The van der Waals surface area contributed by atoms with Gasteiger partial charge in [-0.3, -0.25) is 9.59 Å². The van der Waals surface area contributed by atoms with Crippen molar-refractivity contribution < 1.29 is 9.59 Å². The smallest absolute Gasteiger partial charge is 0.242 e. The molecule has 1 N–H and O–H groups in total. The van der Waals surface area contributed by atoms with Crippen LogP contribution in [0.5, 0.6) is 0 Å². The zero-order valence-corrected chi connectivity index (χ0v) is 21.7. The molecule has 178 valence electrons. The van der Waals surface area contributed by atoms with E-state index in [0.717, 1.165) is 36.8 Å². The molecule has 0 spiro atoms. The Morgan fingerprint density at radius 1 is 1.03 bits per heavy atom. The van der Waals surface area contributed by atoms with Crippen LogP contribution in [0, 0.1) is 0 Å². The van der Waals surface area contributed by atoms with Crippen molar-refractivity contribution in [3.05, 3.63) is 68.7 Å². The molecule has 0 heterocycles. The second-order valence-electron chi connectivity index (χ2n) is 8.36. The van der Waals surface area contributed by atoms with Crippen molar-refractivity contribution >= 4 is 58.4 Å². The van der Waals surface area contributed by atoms with Crippen LogP contribution in [0.3, 0.4) is 0 Å². The van der Waals surface area contributed by atoms with Gasteiger partial charge in [-0.1, -0.05) is 78.3 Å². The van der Waals surface area contributed by atoms with E-state index in [1.165, 1.54) is 18.2 Å². The molecule has 0 saturated heterocycles. The van der Waals surface area contributed by atoms with Crippen LogP contribution in [0.4, 0.5) is 0 Å². The van der Waals surface area contributed by atoms with E-state index in [9.17, 15) is 9.59 Å². The van der Waals surface area contributed by atoms with Crippen molar-refractivity contribution in [2.75, 3.05) is 5.75 Å². The number of nitrogens with one attached hydrogen (secondary N) is 1. The van der Waals surface area contributed by atoms with Gasteiger partial charge in [0.15, 0.2) is 0 Å². The van der Waals surface area contributed by atoms with Gasteiger partial charge in [0.25, 0.3) is 0 Å². The van der Waals surface area contributed by atoms with Gasteiger partial charge in [0.1, 0.15) is 6.04 Å². The van der Waals surface area contributed by atoms with Crippen LogP contribution in [-0.2, 0) is 21.9 Å². The SMILES string of the molecule is CC(C(=O)NC1CCCCC1)N(Cc1ccccc1Cl)C(=O)CSCc1ccc(Cl)cc1Cl. The molecular weight excluding hydrogens is 499 g/mol. The van der Waals surface area contributed by atoms with Gasteiger partial charge in [-0.05, 0) is 49.1 Å². The second kappa shape index (κ2) is 12.9. The third-order valence-electron chi connectivity index (χ3n) is 5.92. The van der Waals surface area contributed by atoms with Gasteiger partial charge >= 0.3 is 0 Å². The van der Waals surface area contributed by atoms with E-state index in [1.807, 2.05) is 24.3 Å². The third kappa shape index (κ3) is 7.81. The minimum atomic E-state index is -0.601. The summed E-state index contributed by atoms with van der Waals surface area (Å²) in [6, 6.07) is 12.3. The van der Waals surface area contributed by atoms with Crippen LogP contribution in [0.25, 0.3) is 0 Å². The lowest BCUT2D eigenvalue weighted by atomic mass is 9.95. The molecule has 1 atom stereocenters. The Hall–Kier alpha value is -1.40. The molecule has 1 aliphatic carbocycles. The molecule has 0 radical (unpaired) electrons. The number of carbonyl (C=O) groups excluding carboxylic acids is 2. The Morgan fingerprint density at radius 3 is 2.45 bits per heavy atom. The fraction of sp³-hybridized carbons (Fsp3) is 0.440. The van der Waals surface area contributed by atoms with Crippen molar-refractivity contribution in [1.29, 1.82) is 0 Å². The fourth-order valence-electron chi connectivity index (χ4n) is 3.93. The van der Waals surface area contributed by atoms with Gasteiger partial charge in [-0.25, -0.2) is 0 Å². The number of rotatable bonds is 9. The predicted molar refractivity (Wildman–Crippen MR) is 139 cm³/mol. The first-order chi connectivity index (χ1) is 15.8. The lowest BCUT2D eigenvalue weighted by Gasteiger charge is -2.31. The molecule has 1 saturated carbocycles. The number of amides is 2. The Labute approximate surface area is 215 Å². The van der Waals surface area contributed by atoms with Crippen molar-refractivity contribution in [2.24, 2.45) is 0 Å². The Balaban J connectivity index is 1.67. The summed E-state index contributed by atoms with van der Waals surface area (Å²) in [5, 5.41) is 4.88. The Morgan fingerprint density at radius 2 is 1.76 bits per heavy atom. The molecule has 1 unspecified atom stereocenters. The highest BCUT2D eigenvalue weighted by atomic mass is 35.5. The number of benzene rings is 2. The Kier molecular flexibility index (Phi) is 10.2. The van der Waals surface area contributed by atoms with Gasteiger partial charge in [-0.15, -0.1) is 11.8 Å². The molecule has 2 aromatic rings. The van der Waals surface area contributed by atoms with Gasteiger partial charge in [0, 0.05) is 33.4 Å². The molecule has 1 fully saturated rings. The zero-order valence-electron chi connectivity index (χ0n) is 18.7. The molecule has 2 amide bonds. The van der Waals surface area contributed by atoms with Crippen LogP contribution in [-0.4, -0.2) is 34.6 Å². The lowest BCUT2D eigenvalue weighted by Crippen LogP contribution is -2.50. The van der Waals surface area contributed by atoms with E-state index in [0.29, 0.717) is 20.8 Å². The minimum absolute atomic E-state index is 0.115. The molecule has 0 aliphatic heterocycles. The highest BCUT2D eigenvalue weighted by Gasteiger charge is 2.28. The highest BCUT2D eigenvalue weighted by molar-refractivity contribution is 7.99. The maximum atomic E-state index is 13.3. The summed E-state index contributed by atoms with van der Waals surface area (Å²) in [7, 11) is 0. The predicted octanol–water partition coefficient (Wildman–Crippen LogP) is 6.75. The molecule has 3 rings (SSSR count). The summed E-state index contributed by atoms with van der Waals surface area (Å²) >= 11 is 20.0.